The van der Waals surface area contributed by atoms with Crippen LogP contribution in [0.5, 0.6) is 0 Å². The summed E-state index contributed by atoms with van der Waals surface area (Å²) in [4.78, 5) is 10.9. The third kappa shape index (κ3) is 2.91. The van der Waals surface area contributed by atoms with Crippen LogP contribution >= 0.6 is 0 Å². The first-order chi connectivity index (χ1) is 6.24. The van der Waals surface area contributed by atoms with Crippen molar-refractivity contribution in [3.8, 4) is 0 Å². The van der Waals surface area contributed by atoms with E-state index in [9.17, 15) is 4.79 Å². The number of aromatic nitrogens is 1. The standard InChI is InChI=1S/C9H14N2O2/c10-8-7-11(4-1-2-6-12)5-3-9(8)13/h3,5,7,12H,1-2,4,6,10H2. The number of hydrogen-bond donors (Lipinski definition) is 2. The van der Waals surface area contributed by atoms with E-state index in [0.29, 0.717) is 0 Å². The molecule has 0 radical (unpaired) electrons. The summed E-state index contributed by atoms with van der Waals surface area (Å²) in [5.74, 6) is 0. The van der Waals surface area contributed by atoms with Gasteiger partial charge in [0.1, 0.15) is 0 Å². The predicted molar refractivity (Wildman–Crippen MR) is 51.4 cm³/mol. The van der Waals surface area contributed by atoms with E-state index in [2.05, 4.69) is 0 Å². The molecule has 72 valence electrons. The molecule has 3 N–H and O–H groups in total. The highest BCUT2D eigenvalue weighted by molar-refractivity contribution is 5.33. The Kier molecular flexibility index (Phi) is 3.52. The van der Waals surface area contributed by atoms with Gasteiger partial charge in [0.15, 0.2) is 0 Å². The van der Waals surface area contributed by atoms with E-state index >= 15 is 0 Å². The normalized spacial score (nSPS) is 10.2. The number of hydrogen-bond acceptors (Lipinski definition) is 3. The van der Waals surface area contributed by atoms with Crippen molar-refractivity contribution < 1.29 is 5.11 Å². The molecule has 1 rings (SSSR count). The maximum atomic E-state index is 10.9. The second kappa shape index (κ2) is 4.67. The van der Waals surface area contributed by atoms with Crippen LogP contribution in [0.15, 0.2) is 23.3 Å². The van der Waals surface area contributed by atoms with Crippen molar-refractivity contribution in [1.82, 2.24) is 4.57 Å². The number of anilines is 1. The molecule has 4 nitrogen and oxygen atoms in total. The number of rotatable bonds is 4. The highest BCUT2D eigenvalue weighted by atomic mass is 16.2. The van der Waals surface area contributed by atoms with Crippen LogP contribution in [0.2, 0.25) is 0 Å². The average Bonchev–Trinajstić information content (AvgIpc) is 2.12. The molecule has 0 aliphatic rings. The van der Waals surface area contributed by atoms with E-state index in [4.69, 9.17) is 10.8 Å². The summed E-state index contributed by atoms with van der Waals surface area (Å²) in [6, 6.07) is 1.45. The molecule has 0 aliphatic carbocycles. The molecule has 0 fully saturated rings. The molecule has 0 unspecified atom stereocenters. The van der Waals surface area contributed by atoms with Crippen LogP contribution in [0.4, 0.5) is 5.69 Å². The Morgan fingerprint density at radius 1 is 1.46 bits per heavy atom. The van der Waals surface area contributed by atoms with Crippen LogP contribution in [0.3, 0.4) is 0 Å². The van der Waals surface area contributed by atoms with Crippen LogP contribution in [-0.2, 0) is 6.54 Å². The van der Waals surface area contributed by atoms with Crippen molar-refractivity contribution in [2.75, 3.05) is 12.3 Å². The number of pyridine rings is 1. The fourth-order valence-electron chi connectivity index (χ4n) is 1.09. The number of nitrogens with zero attached hydrogens (tertiary/aromatic N) is 1. The highest BCUT2D eigenvalue weighted by Gasteiger charge is 1.94. The van der Waals surface area contributed by atoms with Crippen molar-refractivity contribution >= 4 is 5.69 Å². The highest BCUT2D eigenvalue weighted by Crippen LogP contribution is 1.97. The molecule has 0 bridgehead atoms. The second-order valence-electron chi connectivity index (χ2n) is 2.93. The summed E-state index contributed by atoms with van der Waals surface area (Å²) >= 11 is 0. The average molecular weight is 182 g/mol. The van der Waals surface area contributed by atoms with Gasteiger partial charge in [-0.1, -0.05) is 0 Å². The Labute approximate surface area is 76.6 Å². The van der Waals surface area contributed by atoms with Crippen LogP contribution in [0, 0.1) is 0 Å². The molecule has 0 saturated heterocycles. The van der Waals surface area contributed by atoms with Crippen LogP contribution < -0.4 is 11.2 Å². The minimum Gasteiger partial charge on any atom is -0.396 e. The smallest absolute Gasteiger partial charge is 0.204 e. The molecule has 0 aliphatic heterocycles. The fraction of sp³-hybridized carbons (Fsp3) is 0.444. The third-order valence-electron chi connectivity index (χ3n) is 1.83. The molecule has 0 spiro atoms. The van der Waals surface area contributed by atoms with Gasteiger partial charge in [-0.2, -0.15) is 0 Å². The molecular weight excluding hydrogens is 168 g/mol. The Morgan fingerprint density at radius 3 is 2.85 bits per heavy atom. The molecule has 0 amide bonds. The largest absolute Gasteiger partial charge is 0.396 e. The lowest BCUT2D eigenvalue weighted by atomic mass is 10.3. The van der Waals surface area contributed by atoms with E-state index in [1.807, 2.05) is 4.57 Å². The maximum absolute atomic E-state index is 10.9. The Balaban J connectivity index is 2.58. The quantitative estimate of drug-likeness (QED) is 0.654. The number of aliphatic hydroxyl groups excluding tert-OH is 1. The second-order valence-corrected chi connectivity index (χ2v) is 2.93. The molecule has 13 heavy (non-hydrogen) atoms. The summed E-state index contributed by atoms with van der Waals surface area (Å²) in [6.45, 7) is 0.987. The number of aryl methyl sites for hydroxylation is 1. The molecule has 1 aromatic rings. The molecule has 4 heteroatoms. The summed E-state index contributed by atoms with van der Waals surface area (Å²) in [6.07, 6.45) is 4.99. The van der Waals surface area contributed by atoms with Gasteiger partial charge in [-0.3, -0.25) is 4.79 Å². The van der Waals surface area contributed by atoms with Gasteiger partial charge in [0, 0.05) is 31.6 Å². The minimum absolute atomic E-state index is 0.140. The summed E-state index contributed by atoms with van der Waals surface area (Å²) in [5.41, 5.74) is 5.57. The molecule has 1 aromatic heterocycles. The van der Waals surface area contributed by atoms with Gasteiger partial charge in [0.05, 0.1) is 5.69 Å². The van der Waals surface area contributed by atoms with Crippen molar-refractivity contribution in [2.24, 2.45) is 0 Å². The van der Waals surface area contributed by atoms with Crippen molar-refractivity contribution in [1.29, 1.82) is 0 Å². The number of aliphatic hydroxyl groups is 1. The van der Waals surface area contributed by atoms with E-state index in [-0.39, 0.29) is 17.7 Å². The van der Waals surface area contributed by atoms with E-state index in [1.165, 1.54) is 6.07 Å². The minimum atomic E-state index is -0.140. The summed E-state index contributed by atoms with van der Waals surface area (Å²) < 4.78 is 1.85. The van der Waals surface area contributed by atoms with Crippen molar-refractivity contribution in [3.63, 3.8) is 0 Å². The SMILES string of the molecule is Nc1cn(CCCCO)ccc1=O. The molecule has 0 saturated carbocycles. The van der Waals surface area contributed by atoms with Crippen LogP contribution in [-0.4, -0.2) is 16.3 Å². The third-order valence-corrected chi connectivity index (χ3v) is 1.83. The van der Waals surface area contributed by atoms with Crippen LogP contribution in [0.1, 0.15) is 12.8 Å². The first-order valence-corrected chi connectivity index (χ1v) is 4.30. The Hall–Kier alpha value is -1.29. The zero-order chi connectivity index (χ0) is 9.68. The van der Waals surface area contributed by atoms with Gasteiger partial charge in [-0.15, -0.1) is 0 Å². The van der Waals surface area contributed by atoms with E-state index < -0.39 is 0 Å². The zero-order valence-electron chi connectivity index (χ0n) is 7.44. The van der Waals surface area contributed by atoms with Gasteiger partial charge in [-0.25, -0.2) is 0 Å². The monoisotopic (exact) mass is 182 g/mol. The van der Waals surface area contributed by atoms with E-state index in [1.54, 1.807) is 12.4 Å². The predicted octanol–water partition coefficient (Wildman–Crippen LogP) is 0.203. The number of nitrogen functional groups attached to an aromatic ring is 1. The Morgan fingerprint density at radius 2 is 2.23 bits per heavy atom. The van der Waals surface area contributed by atoms with Crippen molar-refractivity contribution in [3.05, 3.63) is 28.7 Å². The fourth-order valence-corrected chi connectivity index (χ4v) is 1.09. The first-order valence-electron chi connectivity index (χ1n) is 4.30. The van der Waals surface area contributed by atoms with Crippen LogP contribution in [0.25, 0.3) is 0 Å². The zero-order valence-corrected chi connectivity index (χ0v) is 7.44. The maximum Gasteiger partial charge on any atom is 0.204 e. The number of unbranched alkanes of at least 4 members (excludes halogenated alkanes) is 1. The lowest BCUT2D eigenvalue weighted by molar-refractivity contribution is 0.281. The molecular formula is C9H14N2O2. The first kappa shape index (κ1) is 9.80. The Bertz CT molecular complexity index is 320. The molecule has 1 heterocycles. The lowest BCUT2D eigenvalue weighted by Crippen LogP contribution is -2.10. The summed E-state index contributed by atoms with van der Waals surface area (Å²) in [7, 11) is 0. The van der Waals surface area contributed by atoms with Gasteiger partial charge < -0.3 is 15.4 Å². The topological polar surface area (TPSA) is 68.2 Å². The van der Waals surface area contributed by atoms with Crippen molar-refractivity contribution in [2.45, 2.75) is 19.4 Å². The number of nitrogens with two attached hydrogens (primary N) is 1. The van der Waals surface area contributed by atoms with Gasteiger partial charge >= 0.3 is 0 Å². The molecule has 0 atom stereocenters. The van der Waals surface area contributed by atoms with Gasteiger partial charge in [0.2, 0.25) is 5.43 Å². The molecule has 0 aromatic carbocycles. The van der Waals surface area contributed by atoms with E-state index in [0.717, 1.165) is 19.4 Å². The van der Waals surface area contributed by atoms with Gasteiger partial charge in [0.25, 0.3) is 0 Å². The van der Waals surface area contributed by atoms with Gasteiger partial charge in [-0.05, 0) is 12.8 Å². The lowest BCUT2D eigenvalue weighted by Gasteiger charge is -2.05. The summed E-state index contributed by atoms with van der Waals surface area (Å²) in [5, 5.41) is 8.56.